The average molecular weight is 444 g/mol. The highest BCUT2D eigenvalue weighted by molar-refractivity contribution is 7.89. The lowest BCUT2D eigenvalue weighted by Crippen LogP contribution is -2.15. The van der Waals surface area contributed by atoms with Crippen LogP contribution in [0.5, 0.6) is 0 Å². The Morgan fingerprint density at radius 1 is 1.27 bits per heavy atom. The molecule has 0 aliphatic heterocycles. The van der Waals surface area contributed by atoms with E-state index in [1.807, 2.05) is 0 Å². The molecular formula is C19H16N4O5S2. The maximum absolute atomic E-state index is 12.3. The highest BCUT2D eigenvalue weighted by Crippen LogP contribution is 2.21. The number of nitrogens with zero attached hydrogens (tertiary/aromatic N) is 3. The summed E-state index contributed by atoms with van der Waals surface area (Å²) in [5, 5.41) is 15.9. The van der Waals surface area contributed by atoms with Crippen molar-refractivity contribution in [1.82, 2.24) is 4.57 Å². The van der Waals surface area contributed by atoms with Crippen molar-refractivity contribution in [2.75, 3.05) is 0 Å². The Hall–Kier alpha value is -3.41. The third-order valence-corrected chi connectivity index (χ3v) is 5.97. The Bertz CT molecular complexity index is 1350. The largest absolute Gasteiger partial charge is 0.312 e. The zero-order valence-corrected chi connectivity index (χ0v) is 17.1. The second-order valence-corrected chi connectivity index (χ2v) is 8.66. The summed E-state index contributed by atoms with van der Waals surface area (Å²) in [5.74, 6) is -0.538. The van der Waals surface area contributed by atoms with Crippen LogP contribution in [0.4, 0.5) is 5.69 Å². The molecule has 1 amide bonds. The van der Waals surface area contributed by atoms with E-state index in [0.717, 1.165) is 11.3 Å². The van der Waals surface area contributed by atoms with Crippen LogP contribution in [0.3, 0.4) is 0 Å². The molecule has 2 aromatic carbocycles. The number of aromatic nitrogens is 1. The normalized spacial score (nSPS) is 12.5. The van der Waals surface area contributed by atoms with Crippen molar-refractivity contribution in [2.45, 2.75) is 11.4 Å². The van der Waals surface area contributed by atoms with E-state index in [4.69, 9.17) is 5.14 Å². The number of rotatable bonds is 6. The van der Waals surface area contributed by atoms with Gasteiger partial charge in [-0.1, -0.05) is 17.4 Å². The molecule has 9 nitrogen and oxygen atoms in total. The maximum Gasteiger partial charge on any atom is 0.272 e. The number of carbonyl (C=O) groups excluding carboxylic acids is 1. The number of fused-ring (bicyclic) bond motifs is 1. The minimum absolute atomic E-state index is 0.0297. The van der Waals surface area contributed by atoms with Gasteiger partial charge in [0.1, 0.15) is 0 Å². The van der Waals surface area contributed by atoms with Gasteiger partial charge < -0.3 is 4.57 Å². The predicted molar refractivity (Wildman–Crippen MR) is 114 cm³/mol. The second kappa shape index (κ2) is 8.53. The SMILES string of the molecule is C=CCn1c(=NC(=O)C=Cc2ccc([N+](=O)[O-])cc2)sc2cc(S(N)(=O)=O)ccc21. The number of allylic oxidation sites excluding steroid dienone is 1. The van der Waals surface area contributed by atoms with Gasteiger partial charge in [-0.3, -0.25) is 14.9 Å². The molecule has 0 radical (unpaired) electrons. The standard InChI is InChI=1S/C19H16N4O5S2/c1-2-11-22-16-9-8-15(30(20,27)28)12-17(16)29-19(22)21-18(24)10-5-13-3-6-14(7-4-13)23(25)26/h2-10,12H,1,11H2,(H2,20,27,28). The molecule has 3 aromatic rings. The zero-order valence-electron chi connectivity index (χ0n) is 15.5. The first-order chi connectivity index (χ1) is 14.2. The van der Waals surface area contributed by atoms with E-state index in [2.05, 4.69) is 11.6 Å². The fraction of sp³-hybridized carbons (Fsp3) is 0.0526. The summed E-state index contributed by atoms with van der Waals surface area (Å²) in [6.07, 6.45) is 4.38. The van der Waals surface area contributed by atoms with Crippen molar-refractivity contribution in [3.05, 3.63) is 81.7 Å². The number of nitrogens with two attached hydrogens (primary N) is 1. The van der Waals surface area contributed by atoms with Gasteiger partial charge in [0, 0.05) is 24.8 Å². The number of carbonyl (C=O) groups is 1. The molecular weight excluding hydrogens is 428 g/mol. The Balaban J connectivity index is 1.97. The summed E-state index contributed by atoms with van der Waals surface area (Å²) in [4.78, 5) is 26.9. The number of nitro groups is 1. The van der Waals surface area contributed by atoms with E-state index >= 15 is 0 Å². The molecule has 11 heteroatoms. The molecule has 1 heterocycles. The molecule has 3 rings (SSSR count). The smallest absolute Gasteiger partial charge is 0.272 e. The summed E-state index contributed by atoms with van der Waals surface area (Å²) in [5.41, 5.74) is 1.26. The van der Waals surface area contributed by atoms with Gasteiger partial charge in [0.25, 0.3) is 11.6 Å². The Labute approximate surface area is 175 Å². The van der Waals surface area contributed by atoms with Crippen molar-refractivity contribution in [2.24, 2.45) is 10.1 Å². The van der Waals surface area contributed by atoms with Gasteiger partial charge in [-0.2, -0.15) is 4.99 Å². The van der Waals surface area contributed by atoms with Crippen LogP contribution in [0, 0.1) is 10.1 Å². The fourth-order valence-corrected chi connectivity index (χ4v) is 4.33. The minimum atomic E-state index is -3.85. The first-order valence-corrected chi connectivity index (χ1v) is 10.8. The van der Waals surface area contributed by atoms with Crippen LogP contribution in [0.25, 0.3) is 16.3 Å². The van der Waals surface area contributed by atoms with Crippen molar-refractivity contribution < 1.29 is 18.1 Å². The van der Waals surface area contributed by atoms with Crippen molar-refractivity contribution >= 4 is 49.2 Å². The molecule has 154 valence electrons. The average Bonchev–Trinajstić information content (AvgIpc) is 3.02. The molecule has 2 N–H and O–H groups in total. The van der Waals surface area contributed by atoms with Gasteiger partial charge in [0.2, 0.25) is 10.0 Å². The number of amides is 1. The van der Waals surface area contributed by atoms with Crippen LogP contribution in [0.1, 0.15) is 5.56 Å². The van der Waals surface area contributed by atoms with Crippen LogP contribution < -0.4 is 9.94 Å². The lowest BCUT2D eigenvalue weighted by molar-refractivity contribution is -0.384. The number of nitro benzene ring substituents is 1. The zero-order chi connectivity index (χ0) is 21.9. The maximum atomic E-state index is 12.3. The number of primary sulfonamides is 1. The van der Waals surface area contributed by atoms with Gasteiger partial charge >= 0.3 is 0 Å². The fourth-order valence-electron chi connectivity index (χ4n) is 2.63. The van der Waals surface area contributed by atoms with Gasteiger partial charge in [-0.05, 0) is 42.0 Å². The van der Waals surface area contributed by atoms with Gasteiger partial charge in [0.05, 0.1) is 20.0 Å². The van der Waals surface area contributed by atoms with E-state index in [-0.39, 0.29) is 10.6 Å². The molecule has 0 bridgehead atoms. The number of hydrogen-bond donors (Lipinski definition) is 1. The molecule has 0 aliphatic rings. The van der Waals surface area contributed by atoms with Gasteiger partial charge in [0.15, 0.2) is 4.80 Å². The lowest BCUT2D eigenvalue weighted by Gasteiger charge is -2.02. The topological polar surface area (TPSA) is 138 Å². The third kappa shape index (κ3) is 4.76. The number of hydrogen-bond acceptors (Lipinski definition) is 6. The van der Waals surface area contributed by atoms with Crippen LogP contribution in [-0.2, 0) is 21.4 Å². The Morgan fingerprint density at radius 2 is 1.97 bits per heavy atom. The molecule has 0 saturated heterocycles. The first-order valence-electron chi connectivity index (χ1n) is 8.47. The van der Waals surface area contributed by atoms with Crippen molar-refractivity contribution in [1.29, 1.82) is 0 Å². The highest BCUT2D eigenvalue weighted by atomic mass is 32.2. The van der Waals surface area contributed by atoms with E-state index < -0.39 is 20.9 Å². The number of benzene rings is 2. The van der Waals surface area contributed by atoms with Crippen LogP contribution >= 0.6 is 11.3 Å². The lowest BCUT2D eigenvalue weighted by atomic mass is 10.2. The molecule has 0 spiro atoms. The number of sulfonamides is 1. The summed E-state index contributed by atoms with van der Waals surface area (Å²) in [6, 6.07) is 10.2. The quantitative estimate of drug-likeness (QED) is 0.269. The summed E-state index contributed by atoms with van der Waals surface area (Å²) >= 11 is 1.15. The summed E-state index contributed by atoms with van der Waals surface area (Å²) in [7, 11) is -3.85. The third-order valence-electron chi connectivity index (χ3n) is 4.02. The molecule has 0 saturated carbocycles. The first kappa shape index (κ1) is 21.3. The Morgan fingerprint density at radius 3 is 2.57 bits per heavy atom. The van der Waals surface area contributed by atoms with Crippen molar-refractivity contribution in [3.63, 3.8) is 0 Å². The Kier molecular flexibility index (Phi) is 6.06. The number of thiazole rings is 1. The highest BCUT2D eigenvalue weighted by Gasteiger charge is 2.12. The molecule has 0 unspecified atom stereocenters. The summed E-state index contributed by atoms with van der Waals surface area (Å²) in [6.45, 7) is 4.06. The van der Waals surface area contributed by atoms with E-state index in [1.165, 1.54) is 48.6 Å². The van der Waals surface area contributed by atoms with Gasteiger partial charge in [-0.15, -0.1) is 6.58 Å². The van der Waals surface area contributed by atoms with E-state index in [0.29, 0.717) is 27.1 Å². The van der Waals surface area contributed by atoms with Crippen molar-refractivity contribution in [3.8, 4) is 0 Å². The molecule has 1 aromatic heterocycles. The number of non-ortho nitro benzene ring substituents is 1. The molecule has 30 heavy (non-hydrogen) atoms. The molecule has 0 atom stereocenters. The molecule has 0 aliphatic carbocycles. The minimum Gasteiger partial charge on any atom is -0.312 e. The van der Waals surface area contributed by atoms with Crippen LogP contribution in [0.2, 0.25) is 0 Å². The monoisotopic (exact) mass is 444 g/mol. The molecule has 0 fully saturated rings. The van der Waals surface area contributed by atoms with Gasteiger partial charge in [-0.25, -0.2) is 13.6 Å². The summed E-state index contributed by atoms with van der Waals surface area (Å²) < 4.78 is 25.5. The van der Waals surface area contributed by atoms with Crippen LogP contribution in [0.15, 0.2) is 71.1 Å². The predicted octanol–water partition coefficient (Wildman–Crippen LogP) is 2.59. The van der Waals surface area contributed by atoms with Crippen LogP contribution in [-0.4, -0.2) is 23.8 Å². The van der Waals surface area contributed by atoms with E-state index in [9.17, 15) is 23.3 Å². The second-order valence-electron chi connectivity index (χ2n) is 6.09. The van der Waals surface area contributed by atoms with E-state index in [1.54, 1.807) is 16.7 Å².